The van der Waals surface area contributed by atoms with E-state index in [1.54, 1.807) is 0 Å². The zero-order valence-electron chi connectivity index (χ0n) is 64.8. The zero-order valence-corrected chi connectivity index (χ0v) is 64.8. The Morgan fingerprint density at radius 1 is 0.157 bits per heavy atom. The van der Waals surface area contributed by atoms with Gasteiger partial charge in [-0.05, 0) is 13.3 Å². The van der Waals surface area contributed by atoms with Crippen LogP contribution in [0.5, 0.6) is 0 Å². The number of carbonyl (C=O) groups is 25. The van der Waals surface area contributed by atoms with Crippen LogP contribution in [0.15, 0.2) is 0 Å². The van der Waals surface area contributed by atoms with Gasteiger partial charge in [0.25, 0.3) is 143 Å². The van der Waals surface area contributed by atoms with Crippen LogP contribution >= 0.6 is 0 Å². The largest absolute Gasteiger partial charge is 0.481 e. The monoisotopic (exact) mass is 1610 g/mol. The lowest BCUT2D eigenvalue weighted by Gasteiger charge is -2.00. The second-order valence-electron chi connectivity index (χ2n) is 15.4. The Labute approximate surface area is 620 Å². The molecule has 0 atom stereocenters. The van der Waals surface area contributed by atoms with E-state index < -0.39 is 143 Å². The van der Waals surface area contributed by atoms with Gasteiger partial charge in [-0.15, -0.1) is 0 Å². The Morgan fingerprint density at radius 3 is 0.296 bits per heavy atom. The van der Waals surface area contributed by atoms with Gasteiger partial charge in [0.1, 0.15) is 0 Å². The number of hydrogen-bond donors (Lipinski definition) is 24. The molecule has 50 nitrogen and oxygen atoms in total. The van der Waals surface area contributed by atoms with Crippen molar-refractivity contribution in [2.45, 2.75) is 219 Å². The highest BCUT2D eigenvalue weighted by Gasteiger charge is 1.99. The Morgan fingerprint density at radius 2 is 0.231 bits per heavy atom. The van der Waals surface area contributed by atoms with Crippen molar-refractivity contribution in [2.24, 2.45) is 0 Å². The summed E-state index contributed by atoms with van der Waals surface area (Å²) in [5.74, 6) is -20.0. The molecule has 0 aromatic rings. The van der Waals surface area contributed by atoms with Crippen molar-refractivity contribution in [1.29, 1.82) is 0 Å². The van der Waals surface area contributed by atoms with Crippen LogP contribution in [0.25, 0.3) is 0 Å². The first kappa shape index (κ1) is 171. The lowest BCUT2D eigenvalue weighted by Crippen LogP contribution is -2.02. The molecule has 0 saturated heterocycles. The lowest BCUT2D eigenvalue weighted by molar-refractivity contribution is -0.143. The minimum Gasteiger partial charge on any atom is -0.481 e. The second kappa shape index (κ2) is 166. The minimum absolute atomic E-state index is 0.0472. The molecule has 0 aliphatic heterocycles. The molecule has 0 bridgehead atoms. The summed E-state index contributed by atoms with van der Waals surface area (Å²) in [4.78, 5) is 227. The first-order valence-corrected chi connectivity index (χ1v) is 27.2. The minimum atomic E-state index is -0.833. The van der Waals surface area contributed by atoms with E-state index in [4.69, 9.17) is 242 Å². The SMILES string of the molecule is CC(=O)O.CC(=O)O.CC(=O)O.CC(=O)O.CC(=O)O.CC(=O)O.CC(=O)O.CC(=O)O.CC(=O)O.CC(=O)O.CC(=O)O.CC(=O)O.CC(=O)O.CC(=O)O.CC(=O)O.CC(=O)O.CC(=O)O.CC(=O)O.CC(=O)O.CC(=O)O.CC(=O)O.CC(=O)O.CC(=O)O.CC(=O)O.CCCCCCCC(=O)OCC. The number of carboxylic acid groups (broad SMARTS) is 24. The van der Waals surface area contributed by atoms with Crippen molar-refractivity contribution in [2.75, 3.05) is 6.61 Å². The fourth-order valence-corrected chi connectivity index (χ4v) is 1.11. The van der Waals surface area contributed by atoms with Crippen LogP contribution in [-0.4, -0.2) is 278 Å². The van der Waals surface area contributed by atoms with Gasteiger partial charge in [-0.3, -0.25) is 120 Å². The summed E-state index contributed by atoms with van der Waals surface area (Å²) in [5, 5.41) is 178. The van der Waals surface area contributed by atoms with Gasteiger partial charge in [0, 0.05) is 173 Å². The van der Waals surface area contributed by atoms with Crippen LogP contribution in [0, 0.1) is 0 Å². The summed E-state index contributed by atoms with van der Waals surface area (Å²) >= 11 is 0. The summed E-state index contributed by atoms with van der Waals surface area (Å²) in [6.45, 7) is 30.5. The van der Waals surface area contributed by atoms with Crippen LogP contribution < -0.4 is 0 Å². The van der Waals surface area contributed by atoms with Crippen molar-refractivity contribution in [1.82, 2.24) is 0 Å². The number of ether oxygens (including phenoxy) is 1. The number of aliphatic carboxylic acids is 24. The van der Waals surface area contributed by atoms with E-state index in [0.29, 0.717) is 13.0 Å². The third-order valence-corrected chi connectivity index (χ3v) is 1.79. The van der Waals surface area contributed by atoms with E-state index >= 15 is 0 Å². The van der Waals surface area contributed by atoms with E-state index in [-0.39, 0.29) is 5.97 Å². The lowest BCUT2D eigenvalue weighted by atomic mass is 10.1. The summed E-state index contributed by atoms with van der Waals surface area (Å²) in [7, 11) is 0. The molecule has 648 valence electrons. The molecule has 0 amide bonds. The highest BCUT2D eigenvalue weighted by molar-refractivity contribution is 5.70. The molecule has 0 saturated carbocycles. The second-order valence-corrected chi connectivity index (χ2v) is 15.4. The van der Waals surface area contributed by atoms with Gasteiger partial charge in [-0.25, -0.2) is 0 Å². The molecule has 0 rings (SSSR count). The molecule has 0 radical (unpaired) electrons. The smallest absolute Gasteiger partial charge is 0.305 e. The topological polar surface area (TPSA) is 922 Å². The fraction of sp³-hybridized carbons (Fsp3) is 0.569. The summed E-state index contributed by atoms with van der Waals surface area (Å²) < 4.78 is 4.81. The van der Waals surface area contributed by atoms with Gasteiger partial charge in [0.15, 0.2) is 0 Å². The number of carbonyl (C=O) groups excluding carboxylic acids is 1. The van der Waals surface area contributed by atoms with E-state index in [2.05, 4.69) is 6.92 Å². The molecular weight excluding hydrogens is 1500 g/mol. The quantitative estimate of drug-likeness (QED) is 0.117. The van der Waals surface area contributed by atoms with Crippen molar-refractivity contribution < 1.29 is 247 Å². The maximum Gasteiger partial charge on any atom is 0.305 e. The average Bonchev–Trinajstić information content (AvgIpc) is 1.09. The summed E-state index contributed by atoms with van der Waals surface area (Å²) in [5.41, 5.74) is 0. The Bertz CT molecular complexity index is 1560. The van der Waals surface area contributed by atoms with Crippen LogP contribution in [0.1, 0.15) is 219 Å². The molecule has 0 aromatic heterocycles. The van der Waals surface area contributed by atoms with Crippen LogP contribution in [0.2, 0.25) is 0 Å². The molecule has 0 aliphatic rings. The zero-order chi connectivity index (χ0) is 95.1. The standard InChI is InChI=1S/C10H20O2.24C2H4O2/c1-3-5-6-7-8-9-10(11)12-4-2;24*1-2(3)4/h3-9H2,1-2H3;24*1H3,(H,3,4). The third kappa shape index (κ3) is 73900. The van der Waals surface area contributed by atoms with Gasteiger partial charge < -0.3 is 127 Å². The van der Waals surface area contributed by atoms with Crippen molar-refractivity contribution in [3.05, 3.63) is 0 Å². The molecule has 0 spiro atoms. The summed E-state index contributed by atoms with van der Waals surface area (Å²) in [6, 6.07) is 0. The van der Waals surface area contributed by atoms with Gasteiger partial charge >= 0.3 is 5.97 Å². The maximum atomic E-state index is 10.9. The number of hydrogen-bond acceptors (Lipinski definition) is 26. The highest BCUT2D eigenvalue weighted by Crippen LogP contribution is 2.05. The normalized spacial score (nSPS) is 6.65. The predicted octanol–water partition coefficient (Wildman–Crippen LogP) is 5.09. The Kier molecular flexibility index (Phi) is 263. The first-order valence-electron chi connectivity index (χ1n) is 27.2. The third-order valence-electron chi connectivity index (χ3n) is 1.79. The van der Waals surface area contributed by atoms with Crippen LogP contribution in [-0.2, 0) is 125 Å². The van der Waals surface area contributed by atoms with E-state index in [0.717, 1.165) is 179 Å². The molecule has 24 N–H and O–H groups in total. The number of esters is 1. The maximum absolute atomic E-state index is 10.9. The van der Waals surface area contributed by atoms with E-state index in [9.17, 15) is 4.79 Å². The van der Waals surface area contributed by atoms with Gasteiger partial charge in [0.05, 0.1) is 6.61 Å². The van der Waals surface area contributed by atoms with E-state index in [1.165, 1.54) is 19.3 Å². The Balaban J connectivity index is -0.0000000291. The van der Waals surface area contributed by atoms with Gasteiger partial charge in [-0.2, -0.15) is 0 Å². The first-order chi connectivity index (χ1) is 47.4. The van der Waals surface area contributed by atoms with Crippen LogP contribution in [0.3, 0.4) is 0 Å². The molecule has 50 heteroatoms. The van der Waals surface area contributed by atoms with E-state index in [1.807, 2.05) is 6.92 Å². The molecular formula is C58H116O50. The molecule has 0 aromatic carbocycles. The fourth-order valence-electron chi connectivity index (χ4n) is 1.11. The van der Waals surface area contributed by atoms with Crippen molar-refractivity contribution in [3.8, 4) is 0 Å². The number of carboxylic acids is 24. The summed E-state index contributed by atoms with van der Waals surface area (Å²) in [6.07, 6.45) is 6.52. The molecule has 108 heavy (non-hydrogen) atoms. The molecule has 0 aliphatic carbocycles. The van der Waals surface area contributed by atoms with Gasteiger partial charge in [0.2, 0.25) is 0 Å². The van der Waals surface area contributed by atoms with Crippen LogP contribution in [0.4, 0.5) is 0 Å². The molecule has 0 heterocycles. The predicted molar refractivity (Wildman–Crippen MR) is 369 cm³/mol. The number of unbranched alkanes of at least 4 members (excludes halogenated alkanes) is 4. The molecule has 0 unspecified atom stereocenters. The van der Waals surface area contributed by atoms with Gasteiger partial charge in [-0.1, -0.05) is 32.6 Å². The molecule has 0 fully saturated rings. The highest BCUT2D eigenvalue weighted by atomic mass is 16.5. The average molecular weight is 1610 g/mol. The Hall–Kier alpha value is -13.2. The van der Waals surface area contributed by atoms with Crippen molar-refractivity contribution in [3.63, 3.8) is 0 Å². The van der Waals surface area contributed by atoms with Crippen molar-refractivity contribution >= 4 is 149 Å². The number of rotatable bonds is 7.